The summed E-state index contributed by atoms with van der Waals surface area (Å²) in [6.45, 7) is -0.0111. The number of aromatic nitrogens is 1. The van der Waals surface area contributed by atoms with Crippen LogP contribution >= 0.6 is 0 Å². The molecule has 4 heterocycles. The summed E-state index contributed by atoms with van der Waals surface area (Å²) in [6, 6.07) is 54.3. The van der Waals surface area contributed by atoms with Crippen molar-refractivity contribution in [2.24, 2.45) is 0 Å². The molecule has 0 N–H and O–H groups in total. The molecule has 218 valence electrons. The Morgan fingerprint density at radius 1 is 0.468 bits per heavy atom. The van der Waals surface area contributed by atoms with Crippen LogP contribution in [0.3, 0.4) is 0 Å². The Morgan fingerprint density at radius 3 is 1.83 bits per heavy atom. The van der Waals surface area contributed by atoms with Gasteiger partial charge in [-0.25, -0.2) is 0 Å². The van der Waals surface area contributed by atoms with E-state index in [9.17, 15) is 0 Å². The fourth-order valence-electron chi connectivity index (χ4n) is 8.02. The van der Waals surface area contributed by atoms with E-state index in [0.29, 0.717) is 0 Å². The first-order valence-corrected chi connectivity index (χ1v) is 16.1. The van der Waals surface area contributed by atoms with Crippen molar-refractivity contribution in [3.63, 3.8) is 0 Å². The standard InChI is InChI=1S/C41H27B2N3O/c1-3-14-28(15-4-1)42-31-19-7-10-22-34(31)45(29-16-5-2-6-17-29)36-26-38-40-41(39(36)42)46(30-18-13-25-44-27-30)35-23-11-8-20-32(35)43(40)33-21-9-12-24-37(33)47-38/h1-27H. The third-order valence-corrected chi connectivity index (χ3v) is 9.84. The molecule has 0 atom stereocenters. The molecule has 1 aromatic heterocycles. The number of pyridine rings is 1. The van der Waals surface area contributed by atoms with Crippen LogP contribution in [0.15, 0.2) is 164 Å². The van der Waals surface area contributed by atoms with Gasteiger partial charge in [-0.2, -0.15) is 0 Å². The number of para-hydroxylation sites is 4. The fourth-order valence-corrected chi connectivity index (χ4v) is 8.02. The van der Waals surface area contributed by atoms with Crippen LogP contribution in [0.2, 0.25) is 0 Å². The molecule has 0 saturated heterocycles. The zero-order valence-corrected chi connectivity index (χ0v) is 25.5. The van der Waals surface area contributed by atoms with Crippen molar-refractivity contribution in [2.75, 3.05) is 9.80 Å². The van der Waals surface area contributed by atoms with Gasteiger partial charge in [-0.05, 0) is 69.8 Å². The quantitative estimate of drug-likeness (QED) is 0.241. The molecule has 3 aliphatic rings. The van der Waals surface area contributed by atoms with Crippen molar-refractivity contribution in [3.8, 4) is 11.5 Å². The number of fused-ring (bicyclic) bond motifs is 7. The molecule has 6 aromatic carbocycles. The third kappa shape index (κ3) is 3.82. The largest absolute Gasteiger partial charge is 0.458 e. The predicted octanol–water partition coefficient (Wildman–Crippen LogP) is 5.79. The molecule has 0 bridgehead atoms. The Bertz CT molecular complexity index is 2310. The number of ether oxygens (including phenoxy) is 1. The maximum absolute atomic E-state index is 6.93. The number of anilines is 6. The van der Waals surface area contributed by atoms with E-state index in [0.717, 1.165) is 39.9 Å². The fraction of sp³-hybridized carbons (Fsp3) is 0. The molecule has 0 fully saturated rings. The van der Waals surface area contributed by atoms with Crippen molar-refractivity contribution >= 4 is 80.3 Å². The first-order chi connectivity index (χ1) is 23.4. The van der Waals surface area contributed by atoms with Crippen LogP contribution < -0.4 is 47.3 Å². The maximum atomic E-state index is 6.93. The van der Waals surface area contributed by atoms with Gasteiger partial charge in [-0.15, -0.1) is 0 Å². The third-order valence-electron chi connectivity index (χ3n) is 9.84. The summed E-state index contributed by atoms with van der Waals surface area (Å²) in [5, 5.41) is 0. The van der Waals surface area contributed by atoms with Crippen LogP contribution in [0.5, 0.6) is 11.5 Å². The minimum absolute atomic E-state index is 0.0122. The number of hydrogen-bond acceptors (Lipinski definition) is 4. The van der Waals surface area contributed by atoms with Gasteiger partial charge in [-0.3, -0.25) is 4.98 Å². The Kier molecular flexibility index (Phi) is 5.73. The van der Waals surface area contributed by atoms with E-state index < -0.39 is 0 Å². The maximum Gasteiger partial charge on any atom is 0.256 e. The number of hydrogen-bond donors (Lipinski definition) is 0. The van der Waals surface area contributed by atoms with Gasteiger partial charge in [0.2, 0.25) is 6.71 Å². The average Bonchev–Trinajstić information content (AvgIpc) is 3.14. The van der Waals surface area contributed by atoms with E-state index in [1.165, 1.54) is 38.5 Å². The molecule has 7 aromatic rings. The highest BCUT2D eigenvalue weighted by molar-refractivity contribution is 7.03. The lowest BCUT2D eigenvalue weighted by Gasteiger charge is -2.45. The van der Waals surface area contributed by atoms with Crippen LogP contribution in [-0.2, 0) is 0 Å². The summed E-state index contributed by atoms with van der Waals surface area (Å²) >= 11 is 0. The lowest BCUT2D eigenvalue weighted by Crippen LogP contribution is -2.65. The molecule has 0 radical (unpaired) electrons. The van der Waals surface area contributed by atoms with E-state index >= 15 is 0 Å². The van der Waals surface area contributed by atoms with E-state index in [1.54, 1.807) is 0 Å². The molecule has 3 aliphatic heterocycles. The van der Waals surface area contributed by atoms with Gasteiger partial charge in [0.05, 0.1) is 11.9 Å². The smallest absolute Gasteiger partial charge is 0.256 e. The highest BCUT2D eigenvalue weighted by Gasteiger charge is 2.47. The van der Waals surface area contributed by atoms with Gasteiger partial charge < -0.3 is 14.5 Å². The lowest BCUT2D eigenvalue weighted by atomic mass is 9.30. The predicted molar refractivity (Wildman–Crippen MR) is 196 cm³/mol. The molecule has 0 aliphatic carbocycles. The van der Waals surface area contributed by atoms with Gasteiger partial charge >= 0.3 is 0 Å². The van der Waals surface area contributed by atoms with E-state index in [4.69, 9.17) is 4.74 Å². The highest BCUT2D eigenvalue weighted by Crippen LogP contribution is 2.45. The Hall–Kier alpha value is -6.00. The molecule has 0 unspecified atom stereocenters. The molecule has 0 spiro atoms. The first kappa shape index (κ1) is 26.2. The molecule has 10 rings (SSSR count). The summed E-state index contributed by atoms with van der Waals surface area (Å²) in [4.78, 5) is 9.47. The van der Waals surface area contributed by atoms with Crippen LogP contribution in [-0.4, -0.2) is 18.4 Å². The lowest BCUT2D eigenvalue weighted by molar-refractivity contribution is 0.488. The summed E-state index contributed by atoms with van der Waals surface area (Å²) < 4.78 is 6.93. The minimum Gasteiger partial charge on any atom is -0.458 e. The monoisotopic (exact) mass is 599 g/mol. The molecule has 0 saturated carbocycles. The van der Waals surface area contributed by atoms with Crippen molar-refractivity contribution in [2.45, 2.75) is 0 Å². The summed E-state index contributed by atoms with van der Waals surface area (Å²) in [6.07, 6.45) is 3.82. The molecule has 6 heteroatoms. The SMILES string of the molecule is c1ccc(B2c3ccccc3N(c3ccccc3)c3cc4c5c(c32)N(c2cccnc2)c2ccccc2B5c2ccccc2O4)cc1. The summed E-state index contributed by atoms with van der Waals surface area (Å²) in [5.74, 6) is 1.79. The van der Waals surface area contributed by atoms with E-state index in [-0.39, 0.29) is 13.4 Å². The molecular weight excluding hydrogens is 572 g/mol. The zero-order chi connectivity index (χ0) is 30.9. The van der Waals surface area contributed by atoms with Gasteiger partial charge in [0, 0.05) is 40.7 Å². The molecule has 4 nitrogen and oxygen atoms in total. The minimum atomic E-state index is -0.0232. The highest BCUT2D eigenvalue weighted by atomic mass is 16.5. The van der Waals surface area contributed by atoms with E-state index in [2.05, 4.69) is 160 Å². The summed E-state index contributed by atoms with van der Waals surface area (Å²) in [7, 11) is 0. The van der Waals surface area contributed by atoms with Gasteiger partial charge in [0.25, 0.3) is 6.71 Å². The topological polar surface area (TPSA) is 28.6 Å². The van der Waals surface area contributed by atoms with Gasteiger partial charge in [-0.1, -0.05) is 109 Å². The van der Waals surface area contributed by atoms with Crippen molar-refractivity contribution in [3.05, 3.63) is 164 Å². The van der Waals surface area contributed by atoms with Crippen molar-refractivity contribution < 1.29 is 4.74 Å². The van der Waals surface area contributed by atoms with Crippen molar-refractivity contribution in [1.82, 2.24) is 4.98 Å². The Morgan fingerprint density at radius 2 is 1.09 bits per heavy atom. The molecular formula is C41H27B2N3O. The van der Waals surface area contributed by atoms with Gasteiger partial charge in [0.1, 0.15) is 11.5 Å². The Labute approximate surface area is 274 Å². The number of nitrogens with zero attached hydrogens (tertiary/aromatic N) is 3. The molecule has 47 heavy (non-hydrogen) atoms. The first-order valence-electron chi connectivity index (χ1n) is 16.1. The second-order valence-electron chi connectivity index (χ2n) is 12.3. The summed E-state index contributed by atoms with van der Waals surface area (Å²) in [5.41, 5.74) is 14.1. The normalized spacial score (nSPS) is 13.5. The second kappa shape index (κ2) is 10.3. The second-order valence-corrected chi connectivity index (χ2v) is 12.3. The van der Waals surface area contributed by atoms with Crippen LogP contribution in [0.1, 0.15) is 0 Å². The van der Waals surface area contributed by atoms with E-state index in [1.807, 2.05) is 18.5 Å². The van der Waals surface area contributed by atoms with Crippen LogP contribution in [0, 0.1) is 0 Å². The Balaban J connectivity index is 1.39. The number of rotatable bonds is 3. The van der Waals surface area contributed by atoms with Crippen molar-refractivity contribution in [1.29, 1.82) is 0 Å². The molecule has 0 amide bonds. The number of benzene rings is 6. The zero-order valence-electron chi connectivity index (χ0n) is 25.5. The average molecular weight is 599 g/mol. The van der Waals surface area contributed by atoms with Crippen LogP contribution in [0.4, 0.5) is 34.1 Å². The van der Waals surface area contributed by atoms with Crippen LogP contribution in [0.25, 0.3) is 0 Å². The van der Waals surface area contributed by atoms with Gasteiger partial charge in [0.15, 0.2) is 0 Å².